The van der Waals surface area contributed by atoms with Crippen LogP contribution in [0.4, 0.5) is 15.8 Å². The number of thiophene rings is 1. The van der Waals surface area contributed by atoms with Crippen molar-refractivity contribution in [1.29, 1.82) is 0 Å². The number of carbonyl (C=O) groups excluding carboxylic acids is 2. The standard InChI is InChI=1S/C30H22N4O4S4/c1-17-12-14-20(15-13-17)42(37,38)34-30-31-18(2)27(41-30)25(35)21-16-24(40-28(21)32-19-8-4-3-5-9-19)26(36)29-33-22-10-6-7-11-23(22)39-29/h3-16,32H,1-2H3,(H,31,34). The molecule has 3 heterocycles. The molecular weight excluding hydrogens is 609 g/mol. The summed E-state index contributed by atoms with van der Waals surface area (Å²) in [6, 6.07) is 24.9. The fourth-order valence-corrected chi connectivity index (χ4v) is 8.31. The van der Waals surface area contributed by atoms with Gasteiger partial charge in [0.05, 0.1) is 31.2 Å². The largest absolute Gasteiger partial charge is 0.347 e. The van der Waals surface area contributed by atoms with Gasteiger partial charge in [-0.15, -0.1) is 22.7 Å². The first kappa shape index (κ1) is 27.9. The summed E-state index contributed by atoms with van der Waals surface area (Å²) in [7, 11) is -3.90. The van der Waals surface area contributed by atoms with E-state index in [2.05, 4.69) is 20.0 Å². The molecule has 0 fully saturated rings. The maximum absolute atomic E-state index is 13.9. The molecule has 6 aromatic rings. The molecule has 3 aromatic heterocycles. The maximum atomic E-state index is 13.9. The minimum Gasteiger partial charge on any atom is -0.347 e. The molecule has 8 nitrogen and oxygen atoms in total. The molecule has 210 valence electrons. The first-order chi connectivity index (χ1) is 20.2. The van der Waals surface area contributed by atoms with Crippen LogP contribution in [0, 0.1) is 13.8 Å². The van der Waals surface area contributed by atoms with Crippen molar-refractivity contribution in [2.75, 3.05) is 10.0 Å². The molecule has 0 saturated carbocycles. The number of thiazole rings is 2. The normalized spacial score (nSPS) is 11.5. The molecule has 3 aromatic carbocycles. The molecule has 0 amide bonds. The van der Waals surface area contributed by atoms with E-state index in [9.17, 15) is 18.0 Å². The van der Waals surface area contributed by atoms with Gasteiger partial charge in [0.15, 0.2) is 10.1 Å². The minimum absolute atomic E-state index is 0.0787. The summed E-state index contributed by atoms with van der Waals surface area (Å²) in [6.07, 6.45) is 0. The van der Waals surface area contributed by atoms with Crippen molar-refractivity contribution in [3.05, 3.63) is 117 Å². The van der Waals surface area contributed by atoms with Crippen molar-refractivity contribution in [2.45, 2.75) is 18.7 Å². The van der Waals surface area contributed by atoms with Crippen molar-refractivity contribution in [3.63, 3.8) is 0 Å². The van der Waals surface area contributed by atoms with Crippen LogP contribution >= 0.6 is 34.0 Å². The van der Waals surface area contributed by atoms with E-state index in [1.807, 2.05) is 61.5 Å². The summed E-state index contributed by atoms with van der Waals surface area (Å²) in [5, 5.41) is 4.18. The highest BCUT2D eigenvalue weighted by atomic mass is 32.2. The number of nitrogens with zero attached hydrogens (tertiary/aromatic N) is 2. The zero-order valence-electron chi connectivity index (χ0n) is 22.2. The fraction of sp³-hybridized carbons (Fsp3) is 0.0667. The maximum Gasteiger partial charge on any atom is 0.263 e. The van der Waals surface area contributed by atoms with Crippen molar-refractivity contribution >= 4 is 81.6 Å². The second kappa shape index (κ2) is 11.2. The van der Waals surface area contributed by atoms with Gasteiger partial charge in [-0.3, -0.25) is 14.3 Å². The van der Waals surface area contributed by atoms with Crippen LogP contribution in [-0.4, -0.2) is 30.0 Å². The van der Waals surface area contributed by atoms with Gasteiger partial charge in [-0.2, -0.15) is 0 Å². The lowest BCUT2D eigenvalue weighted by molar-refractivity contribution is 0.104. The second-order valence-corrected chi connectivity index (χ2v) is 14.1. The average molecular weight is 631 g/mol. The van der Waals surface area contributed by atoms with Crippen LogP contribution in [0.25, 0.3) is 10.2 Å². The van der Waals surface area contributed by atoms with Gasteiger partial charge in [-0.1, -0.05) is 59.4 Å². The lowest BCUT2D eigenvalue weighted by Crippen LogP contribution is -2.12. The second-order valence-electron chi connectivity index (χ2n) is 9.34. The van der Waals surface area contributed by atoms with Crippen molar-refractivity contribution < 1.29 is 18.0 Å². The highest BCUT2D eigenvalue weighted by Crippen LogP contribution is 2.37. The third-order valence-corrected chi connectivity index (χ3v) is 10.9. The van der Waals surface area contributed by atoms with Crippen LogP contribution in [-0.2, 0) is 10.0 Å². The van der Waals surface area contributed by atoms with Crippen LogP contribution in [0.3, 0.4) is 0 Å². The number of hydrogen-bond acceptors (Lipinski definition) is 10. The lowest BCUT2D eigenvalue weighted by Gasteiger charge is -2.06. The Morgan fingerprint density at radius 3 is 2.24 bits per heavy atom. The SMILES string of the molecule is Cc1ccc(S(=O)(=O)Nc2nc(C)c(C(=O)c3cc(C(=O)c4nc5ccccc5s4)sc3Nc3ccccc3)s2)cc1. The van der Waals surface area contributed by atoms with Crippen LogP contribution < -0.4 is 10.0 Å². The number of hydrogen-bond donors (Lipinski definition) is 2. The van der Waals surface area contributed by atoms with E-state index in [4.69, 9.17) is 0 Å². The Hall–Kier alpha value is -4.23. The number of para-hydroxylation sites is 2. The first-order valence-electron chi connectivity index (χ1n) is 12.7. The average Bonchev–Trinajstić information content (AvgIpc) is 3.69. The van der Waals surface area contributed by atoms with Crippen LogP contribution in [0.15, 0.2) is 89.8 Å². The van der Waals surface area contributed by atoms with Crippen LogP contribution in [0.1, 0.15) is 41.2 Å². The predicted octanol–water partition coefficient (Wildman–Crippen LogP) is 7.44. The molecule has 0 spiro atoms. The van der Waals surface area contributed by atoms with E-state index in [0.717, 1.165) is 32.8 Å². The highest BCUT2D eigenvalue weighted by Gasteiger charge is 2.27. The number of nitrogens with one attached hydrogen (secondary N) is 2. The van der Waals surface area contributed by atoms with Crippen molar-refractivity contribution in [3.8, 4) is 0 Å². The summed E-state index contributed by atoms with van der Waals surface area (Å²) in [5.74, 6) is -0.646. The number of ketones is 2. The Bertz CT molecular complexity index is 2030. The van der Waals surface area contributed by atoms with Gasteiger partial charge >= 0.3 is 0 Å². The number of benzene rings is 3. The molecule has 2 N–H and O–H groups in total. The van der Waals surface area contributed by atoms with Gasteiger partial charge in [-0.05, 0) is 56.3 Å². The number of carbonyl (C=O) groups is 2. The number of aromatic nitrogens is 2. The quantitative estimate of drug-likeness (QED) is 0.159. The Balaban J connectivity index is 1.34. The molecular formula is C30H22N4O4S4. The molecule has 0 aliphatic heterocycles. The first-order valence-corrected chi connectivity index (χ1v) is 16.6. The molecule has 6 rings (SSSR count). The Morgan fingerprint density at radius 2 is 1.50 bits per heavy atom. The van der Waals surface area contributed by atoms with Gasteiger partial charge in [0.1, 0.15) is 9.88 Å². The minimum atomic E-state index is -3.90. The van der Waals surface area contributed by atoms with Gasteiger partial charge in [-0.25, -0.2) is 18.4 Å². The molecule has 42 heavy (non-hydrogen) atoms. The van der Waals surface area contributed by atoms with E-state index in [-0.39, 0.29) is 32.0 Å². The third kappa shape index (κ3) is 5.61. The van der Waals surface area contributed by atoms with Gasteiger partial charge in [0.25, 0.3) is 10.0 Å². The molecule has 0 aliphatic carbocycles. The summed E-state index contributed by atoms with van der Waals surface area (Å²) in [4.78, 5) is 37.0. The van der Waals surface area contributed by atoms with E-state index in [0.29, 0.717) is 20.6 Å². The monoisotopic (exact) mass is 630 g/mol. The summed E-state index contributed by atoms with van der Waals surface area (Å²) < 4.78 is 29.2. The molecule has 0 saturated heterocycles. The number of fused-ring (bicyclic) bond motifs is 1. The lowest BCUT2D eigenvalue weighted by atomic mass is 10.1. The summed E-state index contributed by atoms with van der Waals surface area (Å²) >= 11 is 3.42. The van der Waals surface area contributed by atoms with Gasteiger partial charge < -0.3 is 5.32 Å². The predicted molar refractivity (Wildman–Crippen MR) is 169 cm³/mol. The van der Waals surface area contributed by atoms with Gasteiger partial charge in [0.2, 0.25) is 11.6 Å². The number of aryl methyl sites for hydroxylation is 2. The molecule has 0 bridgehead atoms. The molecule has 0 atom stereocenters. The van der Waals surface area contributed by atoms with E-state index in [1.54, 1.807) is 25.1 Å². The van der Waals surface area contributed by atoms with Crippen molar-refractivity contribution in [2.24, 2.45) is 0 Å². The fourth-order valence-electron chi connectivity index (χ4n) is 4.16. The van der Waals surface area contributed by atoms with E-state index >= 15 is 0 Å². The summed E-state index contributed by atoms with van der Waals surface area (Å²) in [6.45, 7) is 3.52. The highest BCUT2D eigenvalue weighted by molar-refractivity contribution is 7.93. The zero-order chi connectivity index (χ0) is 29.4. The van der Waals surface area contributed by atoms with Crippen LogP contribution in [0.2, 0.25) is 0 Å². The molecule has 12 heteroatoms. The van der Waals surface area contributed by atoms with Crippen LogP contribution in [0.5, 0.6) is 0 Å². The Kier molecular flexibility index (Phi) is 7.45. The van der Waals surface area contributed by atoms with Crippen molar-refractivity contribution in [1.82, 2.24) is 9.97 Å². The topological polar surface area (TPSA) is 118 Å². The Labute approximate surface area is 253 Å². The Morgan fingerprint density at radius 1 is 0.786 bits per heavy atom. The third-order valence-electron chi connectivity index (χ3n) is 6.28. The molecule has 0 radical (unpaired) electrons. The number of rotatable bonds is 9. The zero-order valence-corrected chi connectivity index (χ0v) is 25.5. The summed E-state index contributed by atoms with van der Waals surface area (Å²) in [5.41, 5.74) is 3.08. The smallest absolute Gasteiger partial charge is 0.263 e. The number of sulfonamides is 1. The van der Waals surface area contributed by atoms with Gasteiger partial charge in [0, 0.05) is 5.69 Å². The number of anilines is 3. The molecule has 0 aliphatic rings. The van der Waals surface area contributed by atoms with E-state index in [1.165, 1.54) is 34.8 Å². The molecule has 0 unspecified atom stereocenters. The van der Waals surface area contributed by atoms with E-state index < -0.39 is 10.0 Å².